The minimum absolute atomic E-state index is 0.266. The highest BCUT2D eigenvalue weighted by molar-refractivity contribution is 5.59. The fraction of sp³-hybridized carbons (Fsp3) is 0.920. The maximum absolute atomic E-state index is 12.0. The van der Waals surface area contributed by atoms with Crippen molar-refractivity contribution in [2.75, 3.05) is 13.2 Å². The number of carbonyl (C=O) groups excluding carboxylic acids is 2. The van der Waals surface area contributed by atoms with Crippen LogP contribution in [-0.2, 0) is 29.0 Å². The first-order valence-corrected chi connectivity index (χ1v) is 12.7. The second-order valence-electron chi connectivity index (χ2n) is 9.35. The number of rotatable bonds is 19. The zero-order chi connectivity index (χ0) is 25.1. The largest absolute Gasteiger partial charge is 0.540 e. The molecule has 0 radical (unpaired) electrons. The van der Waals surface area contributed by atoms with Gasteiger partial charge in [-0.1, -0.05) is 80.1 Å². The summed E-state index contributed by atoms with van der Waals surface area (Å²) in [5.41, 5.74) is 0. The molecule has 2 unspecified atom stereocenters. The van der Waals surface area contributed by atoms with Gasteiger partial charge < -0.3 is 9.47 Å². The summed E-state index contributed by atoms with van der Waals surface area (Å²) in [7, 11) is 0. The van der Waals surface area contributed by atoms with Crippen LogP contribution in [0.2, 0.25) is 0 Å². The van der Waals surface area contributed by atoms with Crippen molar-refractivity contribution in [2.24, 2.45) is 17.8 Å². The van der Waals surface area contributed by atoms with Crippen LogP contribution in [0.15, 0.2) is 0 Å². The van der Waals surface area contributed by atoms with Crippen molar-refractivity contribution < 1.29 is 38.6 Å². The Kier molecular flexibility index (Phi) is 18.0. The highest BCUT2D eigenvalue weighted by Gasteiger charge is 2.34. The Balaban J connectivity index is 4.62. The maximum atomic E-state index is 12.0. The summed E-state index contributed by atoms with van der Waals surface area (Å²) in [6.45, 7) is 14.5. The van der Waals surface area contributed by atoms with Crippen molar-refractivity contribution in [3.8, 4) is 0 Å². The van der Waals surface area contributed by atoms with Crippen LogP contribution < -0.4 is 0 Å². The summed E-state index contributed by atoms with van der Waals surface area (Å²) in [5.74, 6) is -0.587. The highest BCUT2D eigenvalue weighted by Crippen LogP contribution is 2.24. The Morgan fingerprint density at radius 3 is 1.48 bits per heavy atom. The van der Waals surface area contributed by atoms with Gasteiger partial charge in [0.25, 0.3) is 5.79 Å². The van der Waals surface area contributed by atoms with Crippen LogP contribution in [0.3, 0.4) is 0 Å². The SMILES string of the molecule is CCCCC(CC)COC(=O)OOC(C)(CCC(C)C)OOC(=O)OCC(CC)CCCC. The van der Waals surface area contributed by atoms with E-state index in [4.69, 9.17) is 29.0 Å². The molecule has 8 heteroatoms. The Labute approximate surface area is 200 Å². The molecule has 0 aromatic carbocycles. The number of ether oxygens (including phenoxy) is 2. The van der Waals surface area contributed by atoms with E-state index in [0.717, 1.165) is 51.4 Å². The summed E-state index contributed by atoms with van der Waals surface area (Å²) >= 11 is 0. The van der Waals surface area contributed by atoms with E-state index in [1.807, 2.05) is 13.8 Å². The Morgan fingerprint density at radius 1 is 0.727 bits per heavy atom. The Hall–Kier alpha value is -1.54. The van der Waals surface area contributed by atoms with Crippen LogP contribution in [0.1, 0.15) is 113 Å². The Morgan fingerprint density at radius 2 is 1.15 bits per heavy atom. The molecule has 196 valence electrons. The first-order valence-electron chi connectivity index (χ1n) is 12.7. The summed E-state index contributed by atoms with van der Waals surface area (Å²) < 4.78 is 10.3. The van der Waals surface area contributed by atoms with Crippen LogP contribution >= 0.6 is 0 Å². The molecule has 0 aromatic rings. The molecule has 0 heterocycles. The van der Waals surface area contributed by atoms with Gasteiger partial charge in [0.2, 0.25) is 0 Å². The van der Waals surface area contributed by atoms with E-state index in [1.165, 1.54) is 6.92 Å². The molecule has 0 aliphatic heterocycles. The number of carbonyl (C=O) groups is 2. The van der Waals surface area contributed by atoms with Crippen molar-refractivity contribution in [3.63, 3.8) is 0 Å². The molecule has 8 nitrogen and oxygen atoms in total. The van der Waals surface area contributed by atoms with Crippen LogP contribution in [0, 0.1) is 17.8 Å². The van der Waals surface area contributed by atoms with Gasteiger partial charge in [-0.15, -0.1) is 9.78 Å². The smallest absolute Gasteiger partial charge is 0.432 e. The van der Waals surface area contributed by atoms with Gasteiger partial charge in [-0.3, -0.25) is 9.78 Å². The molecule has 0 N–H and O–H groups in total. The predicted molar refractivity (Wildman–Crippen MR) is 126 cm³/mol. The molecule has 0 spiro atoms. The molecule has 0 amide bonds. The molecule has 0 fully saturated rings. The third-order valence-corrected chi connectivity index (χ3v) is 5.71. The van der Waals surface area contributed by atoms with E-state index in [9.17, 15) is 9.59 Å². The van der Waals surface area contributed by atoms with Gasteiger partial charge in [0.1, 0.15) is 0 Å². The van der Waals surface area contributed by atoms with Crippen LogP contribution in [0.4, 0.5) is 9.59 Å². The third-order valence-electron chi connectivity index (χ3n) is 5.71. The molecular formula is C25H48O8. The minimum atomic E-state index is -1.49. The molecule has 0 saturated carbocycles. The topological polar surface area (TPSA) is 89.5 Å². The quantitative estimate of drug-likeness (QED) is 0.0809. The van der Waals surface area contributed by atoms with Crippen molar-refractivity contribution in [3.05, 3.63) is 0 Å². The number of hydrogen-bond donors (Lipinski definition) is 0. The van der Waals surface area contributed by atoms with Gasteiger partial charge in [-0.2, -0.15) is 0 Å². The predicted octanol–water partition coefficient (Wildman–Crippen LogP) is 7.74. The summed E-state index contributed by atoms with van der Waals surface area (Å²) in [5, 5.41) is 0. The minimum Gasteiger partial charge on any atom is -0.432 e. The zero-order valence-electron chi connectivity index (χ0n) is 22.0. The molecule has 0 bridgehead atoms. The van der Waals surface area contributed by atoms with Gasteiger partial charge >= 0.3 is 12.3 Å². The molecule has 0 rings (SSSR count). The lowest BCUT2D eigenvalue weighted by Gasteiger charge is -2.26. The van der Waals surface area contributed by atoms with E-state index >= 15 is 0 Å². The van der Waals surface area contributed by atoms with Crippen LogP contribution in [-0.4, -0.2) is 31.3 Å². The summed E-state index contributed by atoms with van der Waals surface area (Å²) in [4.78, 5) is 44.0. The summed E-state index contributed by atoms with van der Waals surface area (Å²) in [6.07, 6.45) is 7.28. The van der Waals surface area contributed by atoms with Crippen LogP contribution in [0.25, 0.3) is 0 Å². The standard InChI is InChI=1S/C25H48O8/c1-8-12-14-21(10-3)18-28-23(26)30-32-25(7,17-16-20(5)6)33-31-24(27)29-19-22(11-4)15-13-9-2/h20-22H,8-19H2,1-7H3. The molecule has 0 aliphatic carbocycles. The molecule has 0 aliphatic rings. The number of hydrogen-bond acceptors (Lipinski definition) is 8. The van der Waals surface area contributed by atoms with Gasteiger partial charge in [-0.25, -0.2) is 9.59 Å². The second kappa shape index (κ2) is 18.8. The second-order valence-corrected chi connectivity index (χ2v) is 9.35. The molecular weight excluding hydrogens is 428 g/mol. The van der Waals surface area contributed by atoms with Crippen molar-refractivity contribution in [1.29, 1.82) is 0 Å². The van der Waals surface area contributed by atoms with Crippen molar-refractivity contribution in [2.45, 2.75) is 118 Å². The Bertz CT molecular complexity index is 473. The van der Waals surface area contributed by atoms with Crippen LogP contribution in [0.5, 0.6) is 0 Å². The molecule has 2 atom stereocenters. The van der Waals surface area contributed by atoms with Gasteiger partial charge in [0.05, 0.1) is 13.2 Å². The van der Waals surface area contributed by atoms with E-state index < -0.39 is 18.1 Å². The monoisotopic (exact) mass is 476 g/mol. The molecule has 0 aromatic heterocycles. The number of unbranched alkanes of at least 4 members (excludes halogenated alkanes) is 2. The van der Waals surface area contributed by atoms with Crippen molar-refractivity contribution in [1.82, 2.24) is 0 Å². The van der Waals surface area contributed by atoms with E-state index in [0.29, 0.717) is 18.8 Å². The van der Waals surface area contributed by atoms with Gasteiger partial charge in [-0.05, 0) is 43.9 Å². The first kappa shape index (κ1) is 31.5. The average molecular weight is 477 g/mol. The lowest BCUT2D eigenvalue weighted by molar-refractivity contribution is -0.477. The fourth-order valence-electron chi connectivity index (χ4n) is 3.11. The fourth-order valence-corrected chi connectivity index (χ4v) is 3.11. The van der Waals surface area contributed by atoms with Crippen molar-refractivity contribution >= 4 is 12.3 Å². The van der Waals surface area contributed by atoms with E-state index in [1.54, 1.807) is 0 Å². The first-order chi connectivity index (χ1) is 15.7. The zero-order valence-corrected chi connectivity index (χ0v) is 22.0. The summed E-state index contributed by atoms with van der Waals surface area (Å²) in [6, 6.07) is 0. The lowest BCUT2D eigenvalue weighted by Crippen LogP contribution is -2.35. The maximum Gasteiger partial charge on any atom is 0.540 e. The normalized spacial score (nSPS) is 14.9. The van der Waals surface area contributed by atoms with E-state index in [2.05, 4.69) is 27.7 Å². The van der Waals surface area contributed by atoms with Gasteiger partial charge in [0, 0.05) is 6.42 Å². The third kappa shape index (κ3) is 16.7. The molecule has 0 saturated heterocycles. The van der Waals surface area contributed by atoms with E-state index in [-0.39, 0.29) is 25.0 Å². The average Bonchev–Trinajstić information content (AvgIpc) is 2.80. The molecule has 33 heavy (non-hydrogen) atoms. The lowest BCUT2D eigenvalue weighted by atomic mass is 10.0. The highest BCUT2D eigenvalue weighted by atomic mass is 17.3. The van der Waals surface area contributed by atoms with Gasteiger partial charge in [0.15, 0.2) is 0 Å².